The Hall–Kier alpha value is -1.17. The summed E-state index contributed by atoms with van der Waals surface area (Å²) in [6.45, 7) is 0. The lowest BCUT2D eigenvalue weighted by atomic mass is 10.3. The molecule has 1 aromatic carbocycles. The highest BCUT2D eigenvalue weighted by Gasteiger charge is 2.10. The highest BCUT2D eigenvalue weighted by molar-refractivity contribution is 9.10. The van der Waals surface area contributed by atoms with Crippen molar-refractivity contribution in [3.63, 3.8) is 0 Å². The number of rotatable bonds is 1. The van der Waals surface area contributed by atoms with Crippen LogP contribution >= 0.6 is 39.7 Å². The molecule has 3 nitrogen and oxygen atoms in total. The summed E-state index contributed by atoms with van der Waals surface area (Å²) in [7, 11) is 0. The van der Waals surface area contributed by atoms with Gasteiger partial charge in [-0.1, -0.05) is 11.6 Å². The van der Waals surface area contributed by atoms with Gasteiger partial charge in [0.15, 0.2) is 10.4 Å². The number of nitrogens with zero attached hydrogens (tertiary/aromatic N) is 2. The fraction of sp³-hybridized carbons (Fsp3) is 0. The molecule has 0 bridgehead atoms. The molecule has 0 atom stereocenters. The molecule has 0 saturated carbocycles. The minimum Gasteiger partial charge on any atom is -0.329 e. The molecular weight excluding hydrogens is 334 g/mol. The van der Waals surface area contributed by atoms with E-state index in [1.807, 2.05) is 34.9 Å². The smallest absolute Gasteiger partial charge is 0.184 e. The number of benzene rings is 1. The van der Waals surface area contributed by atoms with Crippen LogP contribution in [-0.2, 0) is 0 Å². The molecule has 0 unspecified atom stereocenters. The average molecular weight is 341 g/mol. The minimum absolute atomic E-state index is 0.590. The Morgan fingerprint density at radius 1 is 1.33 bits per heavy atom. The van der Waals surface area contributed by atoms with Gasteiger partial charge in [-0.15, -0.1) is 0 Å². The molecule has 0 aliphatic heterocycles. The number of pyridine rings is 1. The third kappa shape index (κ3) is 1.88. The summed E-state index contributed by atoms with van der Waals surface area (Å²) in [6, 6.07) is 9.36. The molecule has 0 spiro atoms. The van der Waals surface area contributed by atoms with E-state index >= 15 is 0 Å². The minimum atomic E-state index is 0.590. The van der Waals surface area contributed by atoms with Crippen molar-refractivity contribution in [1.82, 2.24) is 14.5 Å². The van der Waals surface area contributed by atoms with E-state index in [1.165, 1.54) is 0 Å². The van der Waals surface area contributed by atoms with Crippen LogP contribution in [-0.4, -0.2) is 14.5 Å². The van der Waals surface area contributed by atoms with Crippen LogP contribution in [0.4, 0.5) is 0 Å². The quantitative estimate of drug-likeness (QED) is 0.662. The molecule has 2 aromatic heterocycles. The third-order valence-corrected chi connectivity index (χ3v) is 3.78. The Labute approximate surface area is 122 Å². The van der Waals surface area contributed by atoms with Crippen molar-refractivity contribution < 1.29 is 0 Å². The molecule has 1 N–H and O–H groups in total. The van der Waals surface area contributed by atoms with Crippen molar-refractivity contribution in [2.45, 2.75) is 0 Å². The van der Waals surface area contributed by atoms with Crippen molar-refractivity contribution in [1.29, 1.82) is 0 Å². The third-order valence-electron chi connectivity index (χ3n) is 2.59. The number of imidazole rings is 1. The largest absolute Gasteiger partial charge is 0.329 e. The molecule has 0 fully saturated rings. The fourth-order valence-corrected chi connectivity index (χ4v) is 2.71. The molecule has 6 heteroatoms. The Morgan fingerprint density at radius 3 is 3.00 bits per heavy atom. The van der Waals surface area contributed by atoms with E-state index < -0.39 is 0 Å². The first-order chi connectivity index (χ1) is 8.66. The van der Waals surface area contributed by atoms with Crippen LogP contribution in [0.15, 0.2) is 41.0 Å². The topological polar surface area (TPSA) is 33.6 Å². The standard InChI is InChI=1S/C12H7BrClN3S/c13-8-4-3-7(14)6-10(8)17-11-9(16-12(17)18)2-1-5-15-11/h1-6H,(H,16,18). The Kier molecular flexibility index (Phi) is 2.97. The summed E-state index contributed by atoms with van der Waals surface area (Å²) in [5, 5.41) is 0.653. The van der Waals surface area contributed by atoms with Crippen LogP contribution in [0.5, 0.6) is 0 Å². The summed E-state index contributed by atoms with van der Waals surface area (Å²) < 4.78 is 3.36. The zero-order valence-corrected chi connectivity index (χ0v) is 12.2. The van der Waals surface area contributed by atoms with Gasteiger partial charge in [-0.3, -0.25) is 4.57 Å². The van der Waals surface area contributed by atoms with Crippen LogP contribution in [0, 0.1) is 4.77 Å². The molecule has 0 aliphatic carbocycles. The Bertz CT molecular complexity index is 793. The first kappa shape index (κ1) is 11.9. The van der Waals surface area contributed by atoms with Crippen molar-refractivity contribution in [3.05, 3.63) is 50.8 Å². The van der Waals surface area contributed by atoms with Gasteiger partial charge in [0.2, 0.25) is 0 Å². The lowest BCUT2D eigenvalue weighted by molar-refractivity contribution is 1.04. The van der Waals surface area contributed by atoms with Crippen LogP contribution in [0.1, 0.15) is 0 Å². The van der Waals surface area contributed by atoms with Crippen molar-refractivity contribution in [2.75, 3.05) is 0 Å². The van der Waals surface area contributed by atoms with Gasteiger partial charge in [0.25, 0.3) is 0 Å². The molecule has 18 heavy (non-hydrogen) atoms. The maximum atomic E-state index is 6.04. The molecule has 0 aliphatic rings. The molecule has 90 valence electrons. The second-order valence-electron chi connectivity index (χ2n) is 3.74. The Morgan fingerprint density at radius 2 is 2.17 bits per heavy atom. The molecule has 0 saturated heterocycles. The second-order valence-corrected chi connectivity index (χ2v) is 5.41. The highest BCUT2D eigenvalue weighted by Crippen LogP contribution is 2.27. The normalized spacial score (nSPS) is 11.0. The number of fused-ring (bicyclic) bond motifs is 1. The lowest BCUT2D eigenvalue weighted by Crippen LogP contribution is -1.96. The summed E-state index contributed by atoms with van der Waals surface area (Å²) >= 11 is 14.9. The second kappa shape index (κ2) is 4.50. The van der Waals surface area contributed by atoms with Gasteiger partial charge in [-0.25, -0.2) is 4.98 Å². The number of aromatic nitrogens is 3. The molecule has 3 rings (SSSR count). The van der Waals surface area contributed by atoms with E-state index in [0.29, 0.717) is 9.79 Å². The van der Waals surface area contributed by atoms with Gasteiger partial charge in [0.05, 0.1) is 11.2 Å². The van der Waals surface area contributed by atoms with Crippen LogP contribution < -0.4 is 0 Å². The zero-order valence-electron chi connectivity index (χ0n) is 9.02. The SMILES string of the molecule is S=c1[nH]c2cccnc2n1-c1cc(Cl)ccc1Br. The van der Waals surface area contributed by atoms with E-state index in [9.17, 15) is 0 Å². The maximum absolute atomic E-state index is 6.04. The van der Waals surface area contributed by atoms with E-state index in [0.717, 1.165) is 21.3 Å². The summed E-state index contributed by atoms with van der Waals surface area (Å²) in [4.78, 5) is 7.47. The lowest BCUT2D eigenvalue weighted by Gasteiger charge is -2.06. The molecule has 3 aromatic rings. The molecule has 2 heterocycles. The van der Waals surface area contributed by atoms with E-state index in [1.54, 1.807) is 6.20 Å². The van der Waals surface area contributed by atoms with Gasteiger partial charge in [0, 0.05) is 15.7 Å². The predicted octanol–water partition coefficient (Wildman–Crippen LogP) is 4.50. The number of H-pyrrole nitrogens is 1. The number of nitrogens with one attached hydrogen (secondary N) is 1. The van der Waals surface area contributed by atoms with Crippen molar-refractivity contribution >= 4 is 50.9 Å². The Balaban J connectivity index is 2.41. The molecule has 0 radical (unpaired) electrons. The highest BCUT2D eigenvalue weighted by atomic mass is 79.9. The van der Waals surface area contributed by atoms with Crippen LogP contribution in [0.25, 0.3) is 16.9 Å². The zero-order chi connectivity index (χ0) is 12.7. The van der Waals surface area contributed by atoms with Gasteiger partial charge in [-0.05, 0) is 58.5 Å². The first-order valence-electron chi connectivity index (χ1n) is 5.18. The van der Waals surface area contributed by atoms with Gasteiger partial charge in [-0.2, -0.15) is 0 Å². The average Bonchev–Trinajstić information content (AvgIpc) is 2.68. The molecule has 0 amide bonds. The van der Waals surface area contributed by atoms with Crippen molar-refractivity contribution in [3.8, 4) is 5.69 Å². The summed E-state index contributed by atoms with van der Waals surface area (Å²) in [6.07, 6.45) is 1.74. The summed E-state index contributed by atoms with van der Waals surface area (Å²) in [5.74, 6) is 0. The van der Waals surface area contributed by atoms with Crippen LogP contribution in [0.3, 0.4) is 0 Å². The van der Waals surface area contributed by atoms with E-state index in [-0.39, 0.29) is 0 Å². The van der Waals surface area contributed by atoms with E-state index in [2.05, 4.69) is 25.9 Å². The van der Waals surface area contributed by atoms with Crippen LogP contribution in [0.2, 0.25) is 5.02 Å². The van der Waals surface area contributed by atoms with Gasteiger partial charge >= 0.3 is 0 Å². The van der Waals surface area contributed by atoms with Gasteiger partial charge in [0.1, 0.15) is 0 Å². The first-order valence-corrected chi connectivity index (χ1v) is 6.76. The van der Waals surface area contributed by atoms with E-state index in [4.69, 9.17) is 23.8 Å². The number of aromatic amines is 1. The number of hydrogen-bond donors (Lipinski definition) is 1. The fourth-order valence-electron chi connectivity index (χ4n) is 1.82. The monoisotopic (exact) mass is 339 g/mol. The molecular formula is C12H7BrClN3S. The van der Waals surface area contributed by atoms with Crippen molar-refractivity contribution in [2.24, 2.45) is 0 Å². The summed E-state index contributed by atoms with van der Waals surface area (Å²) in [5.41, 5.74) is 2.55. The predicted molar refractivity (Wildman–Crippen MR) is 79.0 cm³/mol. The number of halogens is 2. The maximum Gasteiger partial charge on any atom is 0.184 e. The van der Waals surface area contributed by atoms with Gasteiger partial charge < -0.3 is 4.98 Å². The number of hydrogen-bond acceptors (Lipinski definition) is 2.